The van der Waals surface area contributed by atoms with E-state index in [4.69, 9.17) is 15.2 Å². The number of aromatic nitrogens is 1. The lowest BCUT2D eigenvalue weighted by atomic mass is 9.91. The van der Waals surface area contributed by atoms with Gasteiger partial charge in [-0.05, 0) is 55.5 Å². The Balaban J connectivity index is 0.00000210. The van der Waals surface area contributed by atoms with E-state index in [1.807, 2.05) is 49.4 Å². The number of pyridine rings is 1. The standard InChI is InChI=1S/C21H27N3O3.2ClH/c1-15(24-21(25)20(22)16-8-11-26-12-9-16)17-5-4-7-19(13-17)27-14-18-6-2-3-10-23-18;;/h2-7,10,13,15-16,20H,8-9,11-12,14,22H2,1H3,(H,24,25);2*1H. The highest BCUT2D eigenvalue weighted by atomic mass is 35.5. The molecule has 1 aromatic carbocycles. The van der Waals surface area contributed by atoms with E-state index in [0.29, 0.717) is 19.8 Å². The Hall–Kier alpha value is -1.86. The summed E-state index contributed by atoms with van der Waals surface area (Å²) >= 11 is 0. The third kappa shape index (κ3) is 7.48. The first kappa shape index (κ1) is 25.2. The smallest absolute Gasteiger partial charge is 0.237 e. The number of nitrogens with one attached hydrogen (secondary N) is 1. The lowest BCUT2D eigenvalue weighted by molar-refractivity contribution is -0.125. The van der Waals surface area contributed by atoms with Crippen molar-refractivity contribution in [3.63, 3.8) is 0 Å². The zero-order valence-electron chi connectivity index (χ0n) is 16.5. The van der Waals surface area contributed by atoms with Crippen molar-refractivity contribution in [2.75, 3.05) is 13.2 Å². The number of amides is 1. The molecule has 2 unspecified atom stereocenters. The zero-order chi connectivity index (χ0) is 19.1. The molecule has 29 heavy (non-hydrogen) atoms. The monoisotopic (exact) mass is 441 g/mol. The van der Waals surface area contributed by atoms with Crippen molar-refractivity contribution in [3.8, 4) is 5.75 Å². The fourth-order valence-electron chi connectivity index (χ4n) is 3.20. The van der Waals surface area contributed by atoms with Gasteiger partial charge in [-0.3, -0.25) is 9.78 Å². The molecule has 0 radical (unpaired) electrons. The van der Waals surface area contributed by atoms with Crippen molar-refractivity contribution in [1.29, 1.82) is 0 Å². The van der Waals surface area contributed by atoms with Crippen LogP contribution in [0.15, 0.2) is 48.7 Å². The van der Waals surface area contributed by atoms with Crippen molar-refractivity contribution in [2.24, 2.45) is 11.7 Å². The summed E-state index contributed by atoms with van der Waals surface area (Å²) in [4.78, 5) is 16.8. The molecule has 2 atom stereocenters. The van der Waals surface area contributed by atoms with Crippen molar-refractivity contribution in [1.82, 2.24) is 10.3 Å². The van der Waals surface area contributed by atoms with Crippen LogP contribution in [0.25, 0.3) is 0 Å². The van der Waals surface area contributed by atoms with E-state index < -0.39 is 6.04 Å². The van der Waals surface area contributed by atoms with E-state index in [9.17, 15) is 4.79 Å². The van der Waals surface area contributed by atoms with Gasteiger partial charge in [-0.1, -0.05) is 18.2 Å². The highest BCUT2D eigenvalue weighted by Gasteiger charge is 2.27. The first-order valence-corrected chi connectivity index (χ1v) is 9.40. The number of ether oxygens (including phenoxy) is 2. The highest BCUT2D eigenvalue weighted by Crippen LogP contribution is 2.22. The second-order valence-electron chi connectivity index (χ2n) is 6.89. The average molecular weight is 442 g/mol. The SMILES string of the molecule is CC(NC(=O)C(N)C1CCOCC1)c1cccc(OCc2ccccn2)c1.Cl.Cl. The van der Waals surface area contributed by atoms with Crippen LogP contribution in [-0.2, 0) is 16.1 Å². The third-order valence-corrected chi connectivity index (χ3v) is 4.91. The fraction of sp³-hybridized carbons (Fsp3) is 0.429. The van der Waals surface area contributed by atoms with Gasteiger partial charge in [0, 0.05) is 19.4 Å². The Bertz CT molecular complexity index is 743. The Morgan fingerprint density at radius 1 is 1.24 bits per heavy atom. The van der Waals surface area contributed by atoms with Gasteiger partial charge >= 0.3 is 0 Å². The van der Waals surface area contributed by atoms with Gasteiger partial charge < -0.3 is 20.5 Å². The topological polar surface area (TPSA) is 86.5 Å². The molecule has 0 aliphatic carbocycles. The Kier molecular flexibility index (Phi) is 11.0. The minimum atomic E-state index is -0.500. The van der Waals surface area contributed by atoms with Crippen molar-refractivity contribution in [3.05, 3.63) is 59.9 Å². The van der Waals surface area contributed by atoms with Gasteiger partial charge in [0.1, 0.15) is 12.4 Å². The predicted molar refractivity (Wildman–Crippen MR) is 118 cm³/mol. The van der Waals surface area contributed by atoms with E-state index in [1.54, 1.807) is 6.20 Å². The molecule has 8 heteroatoms. The molecule has 0 saturated carbocycles. The molecule has 1 aromatic heterocycles. The number of carbonyl (C=O) groups excluding carboxylic acids is 1. The minimum absolute atomic E-state index is 0. The number of nitrogens with two attached hydrogens (primary N) is 1. The van der Waals surface area contributed by atoms with Gasteiger partial charge in [0.2, 0.25) is 5.91 Å². The Morgan fingerprint density at radius 2 is 2.00 bits per heavy atom. The molecule has 3 rings (SSSR count). The second-order valence-corrected chi connectivity index (χ2v) is 6.89. The summed E-state index contributed by atoms with van der Waals surface area (Å²) in [6, 6.07) is 12.8. The number of rotatable bonds is 7. The number of carbonyl (C=O) groups is 1. The molecular weight excluding hydrogens is 413 g/mol. The summed E-state index contributed by atoms with van der Waals surface area (Å²) in [6.45, 7) is 3.71. The zero-order valence-corrected chi connectivity index (χ0v) is 18.1. The van der Waals surface area contributed by atoms with Gasteiger partial charge in [-0.2, -0.15) is 0 Å². The summed E-state index contributed by atoms with van der Waals surface area (Å²) in [6.07, 6.45) is 3.41. The van der Waals surface area contributed by atoms with Crippen LogP contribution in [0.1, 0.15) is 37.1 Å². The van der Waals surface area contributed by atoms with E-state index in [2.05, 4.69) is 10.3 Å². The minimum Gasteiger partial charge on any atom is -0.487 e. The molecule has 3 N–H and O–H groups in total. The first-order valence-electron chi connectivity index (χ1n) is 9.40. The number of benzene rings is 1. The van der Waals surface area contributed by atoms with E-state index >= 15 is 0 Å². The number of hydrogen-bond acceptors (Lipinski definition) is 5. The second kappa shape index (κ2) is 12.6. The van der Waals surface area contributed by atoms with Gasteiger partial charge in [0.05, 0.1) is 17.8 Å². The van der Waals surface area contributed by atoms with Crippen LogP contribution < -0.4 is 15.8 Å². The quantitative estimate of drug-likeness (QED) is 0.686. The largest absolute Gasteiger partial charge is 0.487 e. The fourth-order valence-corrected chi connectivity index (χ4v) is 3.20. The van der Waals surface area contributed by atoms with E-state index in [0.717, 1.165) is 29.8 Å². The molecular formula is C21H29Cl2N3O3. The molecule has 1 saturated heterocycles. The van der Waals surface area contributed by atoms with Crippen LogP contribution in [0.2, 0.25) is 0 Å². The molecule has 0 spiro atoms. The summed E-state index contributed by atoms with van der Waals surface area (Å²) in [5.41, 5.74) is 8.00. The lowest BCUT2D eigenvalue weighted by Gasteiger charge is -2.28. The summed E-state index contributed by atoms with van der Waals surface area (Å²) in [7, 11) is 0. The molecule has 2 heterocycles. The summed E-state index contributed by atoms with van der Waals surface area (Å²) < 4.78 is 11.2. The van der Waals surface area contributed by atoms with Crippen molar-refractivity contribution < 1.29 is 14.3 Å². The maximum Gasteiger partial charge on any atom is 0.237 e. The maximum absolute atomic E-state index is 12.5. The Labute approximate surface area is 184 Å². The highest BCUT2D eigenvalue weighted by molar-refractivity contribution is 5.85. The van der Waals surface area contributed by atoms with Gasteiger partial charge in [0.15, 0.2) is 0 Å². The Morgan fingerprint density at radius 3 is 2.69 bits per heavy atom. The normalized spacial score (nSPS) is 15.9. The van der Waals surface area contributed by atoms with Crippen LogP contribution in [-0.4, -0.2) is 30.1 Å². The van der Waals surface area contributed by atoms with Gasteiger partial charge in [-0.25, -0.2) is 0 Å². The average Bonchev–Trinajstić information content (AvgIpc) is 2.73. The van der Waals surface area contributed by atoms with E-state index in [-0.39, 0.29) is 42.7 Å². The molecule has 2 aromatic rings. The molecule has 1 aliphatic rings. The third-order valence-electron chi connectivity index (χ3n) is 4.91. The number of hydrogen-bond donors (Lipinski definition) is 2. The van der Waals surface area contributed by atoms with Crippen LogP contribution in [0.4, 0.5) is 0 Å². The van der Waals surface area contributed by atoms with Crippen LogP contribution in [0.5, 0.6) is 5.75 Å². The molecule has 160 valence electrons. The van der Waals surface area contributed by atoms with Gasteiger partial charge in [-0.15, -0.1) is 24.8 Å². The molecule has 1 aliphatic heterocycles. The lowest BCUT2D eigenvalue weighted by Crippen LogP contribution is -2.47. The summed E-state index contributed by atoms with van der Waals surface area (Å²) in [5, 5.41) is 3.02. The first-order chi connectivity index (χ1) is 13.1. The van der Waals surface area contributed by atoms with E-state index in [1.165, 1.54) is 0 Å². The molecule has 1 amide bonds. The predicted octanol–water partition coefficient (Wildman–Crippen LogP) is 3.44. The molecule has 6 nitrogen and oxygen atoms in total. The molecule has 0 bridgehead atoms. The van der Waals surface area contributed by atoms with Crippen LogP contribution in [0, 0.1) is 5.92 Å². The van der Waals surface area contributed by atoms with Crippen LogP contribution in [0.3, 0.4) is 0 Å². The van der Waals surface area contributed by atoms with Crippen molar-refractivity contribution >= 4 is 30.7 Å². The van der Waals surface area contributed by atoms with Crippen molar-refractivity contribution in [2.45, 2.75) is 38.5 Å². The number of halogens is 2. The van der Waals surface area contributed by atoms with Crippen LogP contribution >= 0.6 is 24.8 Å². The number of nitrogens with zero attached hydrogens (tertiary/aromatic N) is 1. The van der Waals surface area contributed by atoms with Gasteiger partial charge in [0.25, 0.3) is 0 Å². The molecule has 1 fully saturated rings. The summed E-state index contributed by atoms with van der Waals surface area (Å²) in [5.74, 6) is 0.807. The maximum atomic E-state index is 12.5.